The van der Waals surface area contributed by atoms with Crippen LogP contribution in [0.5, 0.6) is 0 Å². The van der Waals surface area contributed by atoms with Crippen LogP contribution in [0.25, 0.3) is 0 Å². The van der Waals surface area contributed by atoms with E-state index in [0.29, 0.717) is 11.8 Å². The van der Waals surface area contributed by atoms with Crippen LogP contribution in [-0.4, -0.2) is 20.7 Å². The normalized spacial score (nSPS) is 30.0. The Hall–Kier alpha value is -1.71. The van der Waals surface area contributed by atoms with Crippen molar-refractivity contribution < 1.29 is 9.22 Å². The summed E-state index contributed by atoms with van der Waals surface area (Å²) in [7, 11) is -2.53. The van der Waals surface area contributed by atoms with E-state index in [1.807, 2.05) is 0 Å². The molecule has 0 unspecified atom stereocenters. The fourth-order valence-electron chi connectivity index (χ4n) is 5.37. The van der Waals surface area contributed by atoms with Crippen LogP contribution in [0.1, 0.15) is 40.5 Å². The molecule has 2 aromatic rings. The lowest BCUT2D eigenvalue weighted by Crippen LogP contribution is -2.68. The van der Waals surface area contributed by atoms with Gasteiger partial charge in [0.05, 0.1) is 0 Å². The van der Waals surface area contributed by atoms with E-state index in [1.165, 1.54) is 16.7 Å². The molecule has 2 saturated carbocycles. The molecule has 2 aromatic carbocycles. The quantitative estimate of drug-likeness (QED) is 0.576. The first-order valence-electron chi connectivity index (χ1n) is 10.1. The highest BCUT2D eigenvalue weighted by Crippen LogP contribution is 2.65. The van der Waals surface area contributed by atoms with Gasteiger partial charge in [0.25, 0.3) is 8.32 Å². The van der Waals surface area contributed by atoms with E-state index in [4.69, 9.17) is 4.43 Å². The molecule has 0 aromatic heterocycles. The van der Waals surface area contributed by atoms with Crippen LogP contribution in [0.3, 0.4) is 0 Å². The molecular weight excluding hydrogens is 348 g/mol. The maximum atomic E-state index is 11.7. The molecule has 2 nitrogen and oxygen atoms in total. The lowest BCUT2D eigenvalue weighted by Gasteiger charge is -2.45. The number of hydrogen-bond donors (Lipinski definition) is 0. The van der Waals surface area contributed by atoms with Crippen molar-refractivity contribution in [3.8, 4) is 0 Å². The van der Waals surface area contributed by atoms with Crippen LogP contribution in [-0.2, 0) is 9.22 Å². The number of carbonyl (C=O) groups excluding carboxylic acids is 1. The zero-order chi connectivity index (χ0) is 19.3. The summed E-state index contributed by atoms with van der Waals surface area (Å²) in [6.07, 6.45) is 3.30. The number of carbonyl (C=O) groups is 1. The molecule has 0 amide bonds. The second kappa shape index (κ2) is 6.42. The van der Waals surface area contributed by atoms with Gasteiger partial charge in [-0.3, -0.25) is 0 Å². The van der Waals surface area contributed by atoms with Crippen molar-refractivity contribution in [3.05, 3.63) is 60.7 Å². The van der Waals surface area contributed by atoms with Crippen LogP contribution in [0.2, 0.25) is 5.04 Å². The minimum absolute atomic E-state index is 0.0173. The monoisotopic (exact) mass is 378 g/mol. The first-order valence-corrected chi connectivity index (χ1v) is 12.0. The Balaban J connectivity index is 1.82. The molecule has 0 heterocycles. The fourth-order valence-corrected chi connectivity index (χ4v) is 10.1. The summed E-state index contributed by atoms with van der Waals surface area (Å²) in [6.45, 7) is 9.23. The molecule has 0 bridgehead atoms. The van der Waals surface area contributed by atoms with Crippen LogP contribution in [0.4, 0.5) is 0 Å². The van der Waals surface area contributed by atoms with Gasteiger partial charge in [-0.1, -0.05) is 88.4 Å². The van der Waals surface area contributed by atoms with Gasteiger partial charge >= 0.3 is 0 Å². The molecular formula is C24H30O2Si. The van der Waals surface area contributed by atoms with E-state index >= 15 is 0 Å². The minimum atomic E-state index is -2.53. The molecule has 4 rings (SSSR count). The number of rotatable bonds is 5. The van der Waals surface area contributed by atoms with Crippen LogP contribution in [0, 0.1) is 17.3 Å². The molecule has 0 N–H and O–H groups in total. The molecule has 27 heavy (non-hydrogen) atoms. The number of fused-ring (bicyclic) bond motifs is 1. The summed E-state index contributed by atoms with van der Waals surface area (Å²) in [4.78, 5) is 11.7. The summed E-state index contributed by atoms with van der Waals surface area (Å²) in [5.41, 5.74) is -0.102. The van der Waals surface area contributed by atoms with Crippen molar-refractivity contribution >= 4 is 25.0 Å². The summed E-state index contributed by atoms with van der Waals surface area (Å²) in [6, 6.07) is 21.6. The summed E-state index contributed by atoms with van der Waals surface area (Å²) in [5.74, 6) is 0.954. The third-order valence-corrected chi connectivity index (χ3v) is 12.0. The Morgan fingerprint density at radius 2 is 1.48 bits per heavy atom. The SMILES string of the molecule is C[C@H]1[C@H](O[Si](c2ccccc2)(c2ccccc2)C(C)(C)C)C[C@@]2(C=O)C[C@@H]12. The lowest BCUT2D eigenvalue weighted by molar-refractivity contribution is -0.112. The first-order chi connectivity index (χ1) is 12.8. The number of aldehydes is 1. The van der Waals surface area contributed by atoms with E-state index in [2.05, 4.69) is 88.4 Å². The van der Waals surface area contributed by atoms with Gasteiger partial charge in [0.15, 0.2) is 0 Å². The summed E-state index contributed by atoms with van der Waals surface area (Å²) < 4.78 is 7.26. The third kappa shape index (κ3) is 2.83. The highest BCUT2D eigenvalue weighted by atomic mass is 28.4. The van der Waals surface area contributed by atoms with Gasteiger partial charge in [-0.25, -0.2) is 0 Å². The smallest absolute Gasteiger partial charge is 0.261 e. The van der Waals surface area contributed by atoms with Gasteiger partial charge in [-0.15, -0.1) is 0 Å². The van der Waals surface area contributed by atoms with Gasteiger partial charge in [0.1, 0.15) is 6.29 Å². The Morgan fingerprint density at radius 3 is 1.89 bits per heavy atom. The molecule has 4 atom stereocenters. The zero-order valence-corrected chi connectivity index (χ0v) is 17.8. The largest absolute Gasteiger partial charge is 0.404 e. The highest BCUT2D eigenvalue weighted by Gasteiger charge is 2.66. The van der Waals surface area contributed by atoms with Crippen LogP contribution in [0.15, 0.2) is 60.7 Å². The standard InChI is InChI=1S/C24H30O2Si/c1-18-21-15-24(21,17-25)16-22(18)26-27(23(2,3)4,19-11-7-5-8-12-19)20-13-9-6-10-14-20/h5-14,17-18,21-22H,15-16H2,1-4H3/t18-,21+,22-,24-/m1/s1. The molecule has 2 aliphatic carbocycles. The molecule has 0 aliphatic heterocycles. The summed E-state index contributed by atoms with van der Waals surface area (Å²) in [5, 5.41) is 2.62. The Bertz CT molecular complexity index is 772. The van der Waals surface area contributed by atoms with E-state index in [0.717, 1.165) is 12.8 Å². The van der Waals surface area contributed by atoms with Gasteiger partial charge < -0.3 is 9.22 Å². The minimum Gasteiger partial charge on any atom is -0.404 e. The molecule has 0 saturated heterocycles. The van der Waals surface area contributed by atoms with E-state index in [-0.39, 0.29) is 16.6 Å². The van der Waals surface area contributed by atoms with Crippen molar-refractivity contribution in [2.45, 2.75) is 51.7 Å². The fraction of sp³-hybridized carbons (Fsp3) is 0.458. The van der Waals surface area contributed by atoms with Gasteiger partial charge in [-0.05, 0) is 40.1 Å². The van der Waals surface area contributed by atoms with Crippen LogP contribution < -0.4 is 10.4 Å². The van der Waals surface area contributed by atoms with E-state index < -0.39 is 8.32 Å². The third-order valence-electron chi connectivity index (χ3n) is 6.96. The Kier molecular flexibility index (Phi) is 4.43. The summed E-state index contributed by atoms with van der Waals surface area (Å²) >= 11 is 0. The molecule has 2 fully saturated rings. The van der Waals surface area contributed by atoms with Gasteiger partial charge in [0, 0.05) is 11.5 Å². The number of benzene rings is 2. The Labute approximate surface area is 164 Å². The van der Waals surface area contributed by atoms with Crippen molar-refractivity contribution in [1.82, 2.24) is 0 Å². The Morgan fingerprint density at radius 1 is 0.963 bits per heavy atom. The molecule has 0 radical (unpaired) electrons. The average molecular weight is 379 g/mol. The lowest BCUT2D eigenvalue weighted by atomic mass is 10.0. The second-order valence-corrected chi connectivity index (χ2v) is 13.8. The zero-order valence-electron chi connectivity index (χ0n) is 16.8. The predicted molar refractivity (Wildman–Crippen MR) is 113 cm³/mol. The average Bonchev–Trinajstić information content (AvgIpc) is 3.33. The maximum Gasteiger partial charge on any atom is 0.261 e. The van der Waals surface area contributed by atoms with Crippen LogP contribution >= 0.6 is 0 Å². The van der Waals surface area contributed by atoms with Crippen molar-refractivity contribution in [2.24, 2.45) is 17.3 Å². The maximum absolute atomic E-state index is 11.7. The van der Waals surface area contributed by atoms with Gasteiger partial charge in [0.2, 0.25) is 0 Å². The van der Waals surface area contributed by atoms with Crippen molar-refractivity contribution in [1.29, 1.82) is 0 Å². The van der Waals surface area contributed by atoms with E-state index in [1.54, 1.807) is 0 Å². The van der Waals surface area contributed by atoms with Crippen molar-refractivity contribution in [2.75, 3.05) is 0 Å². The predicted octanol–water partition coefficient (Wildman–Crippen LogP) is 4.18. The topological polar surface area (TPSA) is 26.3 Å². The molecule has 3 heteroatoms. The highest BCUT2D eigenvalue weighted by molar-refractivity contribution is 6.99. The van der Waals surface area contributed by atoms with Gasteiger partial charge in [-0.2, -0.15) is 0 Å². The van der Waals surface area contributed by atoms with E-state index in [9.17, 15) is 4.79 Å². The van der Waals surface area contributed by atoms with Crippen molar-refractivity contribution in [3.63, 3.8) is 0 Å². The molecule has 0 spiro atoms. The second-order valence-electron chi connectivity index (χ2n) is 9.54. The molecule has 142 valence electrons. The number of hydrogen-bond acceptors (Lipinski definition) is 2. The molecule has 2 aliphatic rings. The first kappa shape index (κ1) is 18.6.